The highest BCUT2D eigenvalue weighted by molar-refractivity contribution is 6.90. The van der Waals surface area contributed by atoms with Crippen molar-refractivity contribution in [2.24, 2.45) is 34.1 Å². The van der Waals surface area contributed by atoms with Gasteiger partial charge in [-0.15, -0.1) is 0 Å². The van der Waals surface area contributed by atoms with E-state index < -0.39 is 32.3 Å². The van der Waals surface area contributed by atoms with Crippen molar-refractivity contribution in [1.82, 2.24) is 0 Å². The van der Waals surface area contributed by atoms with Gasteiger partial charge in [-0.25, -0.2) is 18.3 Å². The molecule has 0 aliphatic carbocycles. The molecule has 4 aromatic carbocycles. The summed E-state index contributed by atoms with van der Waals surface area (Å²) in [6.45, 7) is 75.0. The van der Waals surface area contributed by atoms with Gasteiger partial charge in [-0.3, -0.25) is 0 Å². The highest BCUT2D eigenvalue weighted by Gasteiger charge is 2.32. The van der Waals surface area contributed by atoms with E-state index >= 15 is 0 Å². The third-order valence-electron chi connectivity index (χ3n) is 19.4. The molecule has 4 nitrogen and oxygen atoms in total. The minimum Gasteiger partial charge on any atom is -0.201 e. The number of benzene rings is 4. The lowest BCUT2D eigenvalue weighted by Crippen LogP contribution is -2.45. The fourth-order valence-corrected chi connectivity index (χ4v) is 20.5. The van der Waals surface area contributed by atoms with Crippen molar-refractivity contribution < 1.29 is 18.3 Å². The van der Waals surface area contributed by atoms with Crippen LogP contribution in [0.25, 0.3) is 45.0 Å². The monoisotopic (exact) mass is 1360 g/mol. The topological polar surface area (TPSA) is 15.5 Å². The Bertz CT molecular complexity index is 3990. The van der Waals surface area contributed by atoms with E-state index in [0.717, 1.165) is 6.42 Å². The Hall–Kier alpha value is -5.65. The zero-order chi connectivity index (χ0) is 73.0. The highest BCUT2D eigenvalue weighted by Crippen LogP contribution is 2.32. The molecule has 96 heavy (non-hydrogen) atoms. The van der Waals surface area contributed by atoms with Crippen molar-refractivity contribution in [1.29, 1.82) is 0 Å². The summed E-state index contributed by atoms with van der Waals surface area (Å²) in [6.07, 6.45) is 10.6. The van der Waals surface area contributed by atoms with Gasteiger partial charge < -0.3 is 0 Å². The first-order valence-electron chi connectivity index (χ1n) is 36.5. The van der Waals surface area contributed by atoms with Crippen molar-refractivity contribution in [3.63, 3.8) is 0 Å². The molecule has 8 aromatic rings. The van der Waals surface area contributed by atoms with Crippen molar-refractivity contribution in [3.05, 3.63) is 189 Å². The molecule has 8 rings (SSSR count). The normalized spacial score (nSPS) is 12.4. The van der Waals surface area contributed by atoms with Crippen molar-refractivity contribution >= 4 is 53.0 Å². The molecule has 0 bridgehead atoms. The molecular formula is C88H136N4Si4+4. The van der Waals surface area contributed by atoms with E-state index in [1.54, 1.807) is 20.7 Å². The van der Waals surface area contributed by atoms with Gasteiger partial charge in [0.25, 0.3) is 0 Å². The molecule has 0 N–H and O–H groups in total. The van der Waals surface area contributed by atoms with Gasteiger partial charge in [-0.2, -0.15) is 0 Å². The molecule has 0 aliphatic rings. The molecule has 0 saturated heterocycles. The van der Waals surface area contributed by atoms with Gasteiger partial charge >= 0.3 is 0 Å². The Kier molecular flexibility index (Phi) is 27.1. The fraction of sp³-hybridized carbons (Fsp3) is 0.500. The first-order valence-corrected chi connectivity index (χ1v) is 50.5. The molecule has 0 fully saturated rings. The number of nitrogens with zero attached hydrogens (tertiary/aromatic N) is 4. The molecule has 8 heteroatoms. The number of hydrogen-bond acceptors (Lipinski definition) is 0. The molecule has 0 unspecified atom stereocenters. The maximum atomic E-state index is 2.49. The van der Waals surface area contributed by atoms with Crippen LogP contribution in [0, 0.1) is 40.5 Å². The predicted molar refractivity (Wildman–Crippen MR) is 436 cm³/mol. The summed E-state index contributed by atoms with van der Waals surface area (Å²) in [5, 5.41) is 6.39. The first kappa shape index (κ1) is 81.0. The number of rotatable bonds is 15. The summed E-state index contributed by atoms with van der Waals surface area (Å²) in [5.74, 6) is 3.50. The predicted octanol–water partition coefficient (Wildman–Crippen LogP) is 20.5. The standard InChI is InChI=1S/2C23H36NSi.C22H34NSi.C20H30NSi/c1-16(2)20-15-24(7)21(14-22(20)25(8,9)10)19-13-18(23(4,5)6)12-11-17(19)3;1-16(2)12-19-11-10-18(5)20(13-19)22-14-23(25(7,8)9)21(17(3)4)15-24(22)6;1-15(2)18-11-10-17(5)19(12-18)21-13-22(24(7,8)9)20(16(3)4)14-23(21)6;1-14(2)18-13-21(5)19(12-20(18)22(6,7)8)17-11-15(3)9-10-16(17)4/h11-16H,1-10H3;10-11,13-17H,12H2,1-9H3;10-16H,1-9H3;9-14H,1-8H3/q4*+1. The molecule has 0 radical (unpaired) electrons. The van der Waals surface area contributed by atoms with Crippen LogP contribution in [-0.2, 0) is 40.0 Å². The van der Waals surface area contributed by atoms with Crippen LogP contribution < -0.4 is 39.0 Å². The maximum Gasteiger partial charge on any atom is 0.212 e. The summed E-state index contributed by atoms with van der Waals surface area (Å²) >= 11 is 0. The van der Waals surface area contributed by atoms with Crippen LogP contribution >= 0.6 is 0 Å². The molecule has 0 atom stereocenters. The zero-order valence-electron chi connectivity index (χ0n) is 68.0. The van der Waals surface area contributed by atoms with Crippen molar-refractivity contribution in [3.8, 4) is 45.0 Å². The molecular weight excluding hydrogens is 1230 g/mol. The Morgan fingerprint density at radius 1 is 0.323 bits per heavy atom. The number of aryl methyl sites for hydroxylation is 9. The first-order chi connectivity index (χ1) is 43.9. The van der Waals surface area contributed by atoms with Crippen LogP contribution in [0.3, 0.4) is 0 Å². The SMILES string of the molecule is Cc1ccc(C(C)(C)C)cc1-c1cc([Si](C)(C)C)c(C(C)C)c[n+]1C.Cc1ccc(C(C)C)cc1-c1cc([Si](C)(C)C)c(C(C)C)c[n+]1C.Cc1ccc(C)c(-c2cc([Si](C)(C)C)c(C(C)C)c[n+]2C)c1.Cc1ccc(CC(C)C)cc1-c1cc([Si](C)(C)C)c(C(C)C)c[n+]1C. The largest absolute Gasteiger partial charge is 0.212 e. The lowest BCUT2D eigenvalue weighted by molar-refractivity contribution is -0.660. The quantitative estimate of drug-likeness (QED) is 0.0718. The second-order valence-corrected chi connectivity index (χ2v) is 55.9. The third-order valence-corrected chi connectivity index (χ3v) is 27.6. The van der Waals surface area contributed by atoms with Crippen LogP contribution in [0.15, 0.2) is 122 Å². The van der Waals surface area contributed by atoms with Crippen LogP contribution in [0.4, 0.5) is 0 Å². The van der Waals surface area contributed by atoms with E-state index in [4.69, 9.17) is 0 Å². The fourth-order valence-electron chi connectivity index (χ4n) is 13.4. The number of aromatic nitrogens is 4. The van der Waals surface area contributed by atoms with E-state index in [1.165, 1.54) is 112 Å². The minimum absolute atomic E-state index is 0.167. The average Bonchev–Trinajstić information content (AvgIpc) is 0.797. The van der Waals surface area contributed by atoms with Crippen LogP contribution in [0.5, 0.6) is 0 Å². The van der Waals surface area contributed by atoms with E-state index in [2.05, 4.69) is 385 Å². The Labute approximate surface area is 593 Å². The average molecular weight is 1360 g/mol. The molecule has 0 spiro atoms. The van der Waals surface area contributed by atoms with Gasteiger partial charge in [0.15, 0.2) is 24.8 Å². The highest BCUT2D eigenvalue weighted by atomic mass is 28.3. The molecule has 4 heterocycles. The number of pyridine rings is 4. The van der Waals surface area contributed by atoms with Crippen LogP contribution in [0.1, 0.15) is 200 Å². The Morgan fingerprint density at radius 2 is 0.604 bits per heavy atom. The lowest BCUT2D eigenvalue weighted by Gasteiger charge is -2.24. The molecule has 4 aromatic heterocycles. The van der Waals surface area contributed by atoms with Gasteiger partial charge in [-0.05, 0) is 166 Å². The third kappa shape index (κ3) is 20.7. The number of hydrogen-bond donors (Lipinski definition) is 0. The summed E-state index contributed by atoms with van der Waals surface area (Å²) in [5.41, 5.74) is 28.1. The summed E-state index contributed by atoms with van der Waals surface area (Å²) in [4.78, 5) is 0. The second kappa shape index (κ2) is 32.1. The lowest BCUT2D eigenvalue weighted by atomic mass is 9.84. The van der Waals surface area contributed by atoms with E-state index in [0.29, 0.717) is 35.5 Å². The zero-order valence-corrected chi connectivity index (χ0v) is 72.0. The Morgan fingerprint density at radius 3 is 0.896 bits per heavy atom. The summed E-state index contributed by atoms with van der Waals surface area (Å²) in [7, 11) is 3.19. The summed E-state index contributed by atoms with van der Waals surface area (Å²) < 4.78 is 9.29. The molecule has 520 valence electrons. The van der Waals surface area contributed by atoms with Gasteiger partial charge in [-0.1, -0.05) is 237 Å². The molecule has 0 saturated carbocycles. The van der Waals surface area contributed by atoms with E-state index in [1.807, 2.05) is 0 Å². The smallest absolute Gasteiger partial charge is 0.201 e. The van der Waals surface area contributed by atoms with Gasteiger partial charge in [0, 0.05) is 68.8 Å². The maximum absolute atomic E-state index is 2.49. The van der Waals surface area contributed by atoms with Gasteiger partial charge in [0.05, 0.1) is 32.3 Å². The van der Waals surface area contributed by atoms with Crippen LogP contribution in [0.2, 0.25) is 78.6 Å². The van der Waals surface area contributed by atoms with Gasteiger partial charge in [0.1, 0.15) is 28.2 Å². The van der Waals surface area contributed by atoms with Crippen LogP contribution in [-0.4, -0.2) is 32.3 Å². The van der Waals surface area contributed by atoms with E-state index in [-0.39, 0.29) is 5.41 Å². The minimum atomic E-state index is -1.41. The molecule has 0 amide bonds. The van der Waals surface area contributed by atoms with Gasteiger partial charge in [0.2, 0.25) is 22.8 Å². The molecule has 0 aliphatic heterocycles. The van der Waals surface area contributed by atoms with Crippen molar-refractivity contribution in [2.45, 2.75) is 258 Å². The van der Waals surface area contributed by atoms with E-state index in [9.17, 15) is 0 Å². The Balaban J connectivity index is 0.000000232. The summed E-state index contributed by atoms with van der Waals surface area (Å²) in [6, 6.07) is 37.5. The van der Waals surface area contributed by atoms with Crippen molar-refractivity contribution in [2.75, 3.05) is 0 Å². The second-order valence-electron chi connectivity index (χ2n) is 35.7.